The zero-order valence-corrected chi connectivity index (χ0v) is 13.2. The van der Waals surface area contributed by atoms with E-state index in [-0.39, 0.29) is 23.6 Å². The molecule has 0 aliphatic heterocycles. The molecule has 20 heavy (non-hydrogen) atoms. The van der Waals surface area contributed by atoms with Crippen molar-refractivity contribution >= 4 is 27.5 Å². The van der Waals surface area contributed by atoms with E-state index in [0.29, 0.717) is 17.9 Å². The number of pyridine rings is 1. The van der Waals surface area contributed by atoms with Crippen LogP contribution in [0.5, 0.6) is 0 Å². The van der Waals surface area contributed by atoms with Crippen LogP contribution in [-0.4, -0.2) is 16.0 Å². The monoisotopic (exact) mass is 369 g/mol. The Balaban J connectivity index is 1.99. The molecule has 1 saturated carbocycles. The number of alkyl halides is 4. The molecule has 0 spiro atoms. The molecule has 2 rings (SSSR count). The molecular weight excluding hydrogens is 355 g/mol. The first-order chi connectivity index (χ1) is 9.38. The number of hydrogen-bond donors (Lipinski definition) is 0. The first-order valence-electron chi connectivity index (χ1n) is 6.67. The molecule has 3 unspecified atom stereocenters. The van der Waals surface area contributed by atoms with Gasteiger partial charge < -0.3 is 0 Å². The second-order valence-electron chi connectivity index (χ2n) is 5.35. The molecule has 1 aliphatic rings. The Morgan fingerprint density at radius 1 is 1.40 bits per heavy atom. The minimum absolute atomic E-state index is 0.0209. The molecule has 1 nitrogen and oxygen atoms in total. The van der Waals surface area contributed by atoms with E-state index < -0.39 is 12.1 Å². The highest BCUT2D eigenvalue weighted by Gasteiger charge is 2.43. The van der Waals surface area contributed by atoms with Crippen LogP contribution in [0.2, 0.25) is 5.02 Å². The van der Waals surface area contributed by atoms with Gasteiger partial charge in [0.2, 0.25) is 0 Å². The molecule has 3 atom stereocenters. The number of aromatic nitrogens is 1. The van der Waals surface area contributed by atoms with Crippen molar-refractivity contribution in [3.63, 3.8) is 0 Å². The summed E-state index contributed by atoms with van der Waals surface area (Å²) < 4.78 is 38.5. The first kappa shape index (κ1) is 16.1. The van der Waals surface area contributed by atoms with Crippen LogP contribution >= 0.6 is 27.5 Å². The van der Waals surface area contributed by atoms with Crippen LogP contribution in [0.4, 0.5) is 13.2 Å². The van der Waals surface area contributed by atoms with Crippen molar-refractivity contribution in [2.24, 2.45) is 11.8 Å². The van der Waals surface area contributed by atoms with Crippen LogP contribution < -0.4 is 0 Å². The van der Waals surface area contributed by atoms with Crippen molar-refractivity contribution in [2.45, 2.75) is 43.1 Å². The van der Waals surface area contributed by atoms with Gasteiger partial charge in [-0.25, -0.2) is 0 Å². The van der Waals surface area contributed by atoms with Gasteiger partial charge in [-0.05, 0) is 43.2 Å². The highest BCUT2D eigenvalue weighted by atomic mass is 79.9. The maximum Gasteiger partial charge on any atom is 0.391 e. The second kappa shape index (κ2) is 6.65. The van der Waals surface area contributed by atoms with Crippen molar-refractivity contribution in [3.05, 3.63) is 29.0 Å². The highest BCUT2D eigenvalue weighted by molar-refractivity contribution is 9.09. The number of rotatable bonds is 3. The number of nitrogens with zero attached hydrogens (tertiary/aromatic N) is 1. The third-order valence-corrected chi connectivity index (χ3v) is 5.37. The molecule has 6 heteroatoms. The Morgan fingerprint density at radius 2 is 2.15 bits per heavy atom. The van der Waals surface area contributed by atoms with E-state index in [4.69, 9.17) is 11.6 Å². The lowest BCUT2D eigenvalue weighted by atomic mass is 9.78. The summed E-state index contributed by atoms with van der Waals surface area (Å²) in [4.78, 5) is 3.93. The molecule has 0 radical (unpaired) electrons. The van der Waals surface area contributed by atoms with Gasteiger partial charge in [0.15, 0.2) is 0 Å². The van der Waals surface area contributed by atoms with Crippen molar-refractivity contribution in [1.82, 2.24) is 4.98 Å². The molecule has 1 aliphatic carbocycles. The number of halogens is 5. The molecule has 0 saturated heterocycles. The summed E-state index contributed by atoms with van der Waals surface area (Å²) in [6.45, 7) is 0. The zero-order chi connectivity index (χ0) is 14.8. The molecule has 1 fully saturated rings. The smallest absolute Gasteiger partial charge is 0.263 e. The Morgan fingerprint density at radius 3 is 2.80 bits per heavy atom. The predicted molar refractivity (Wildman–Crippen MR) is 77.2 cm³/mol. The van der Waals surface area contributed by atoms with Crippen LogP contribution in [0.25, 0.3) is 0 Å². The van der Waals surface area contributed by atoms with Gasteiger partial charge in [-0.1, -0.05) is 34.0 Å². The molecule has 1 aromatic heterocycles. The lowest BCUT2D eigenvalue weighted by molar-refractivity contribution is -0.185. The average molecular weight is 371 g/mol. The van der Waals surface area contributed by atoms with Crippen molar-refractivity contribution in [2.75, 3.05) is 0 Å². The van der Waals surface area contributed by atoms with E-state index in [1.54, 1.807) is 12.4 Å². The summed E-state index contributed by atoms with van der Waals surface area (Å²) in [5, 5.41) is 0.570. The van der Waals surface area contributed by atoms with E-state index in [9.17, 15) is 13.2 Å². The van der Waals surface area contributed by atoms with Crippen LogP contribution in [0.1, 0.15) is 31.2 Å². The van der Waals surface area contributed by atoms with Crippen LogP contribution in [0.3, 0.4) is 0 Å². The summed E-state index contributed by atoms with van der Waals surface area (Å²) in [6, 6.07) is 1.82. The molecule has 0 aromatic carbocycles. The maximum atomic E-state index is 12.8. The summed E-state index contributed by atoms with van der Waals surface area (Å²) in [5.74, 6) is -1.12. The van der Waals surface area contributed by atoms with Crippen LogP contribution in [-0.2, 0) is 6.42 Å². The van der Waals surface area contributed by atoms with Gasteiger partial charge >= 0.3 is 6.18 Å². The minimum atomic E-state index is -4.07. The first-order valence-corrected chi connectivity index (χ1v) is 7.96. The third-order valence-electron chi connectivity index (χ3n) is 3.96. The molecule has 1 heterocycles. The quantitative estimate of drug-likeness (QED) is 0.648. The summed E-state index contributed by atoms with van der Waals surface area (Å²) in [6.07, 6.45) is 1.73. The largest absolute Gasteiger partial charge is 0.391 e. The molecular formula is C14H16BrClF3N. The van der Waals surface area contributed by atoms with Gasteiger partial charge in [-0.3, -0.25) is 4.98 Å². The standard InChI is InChI=1S/C14H16BrClF3N/c15-12(7-10-4-5-20-8-13(10)16)9-2-1-3-11(6-9)14(17,18)19/h4-5,8-9,11-12H,1-3,6-7H2. The Bertz CT molecular complexity index is 452. The molecule has 0 bridgehead atoms. The maximum absolute atomic E-state index is 12.8. The highest BCUT2D eigenvalue weighted by Crippen LogP contribution is 2.42. The molecule has 0 N–H and O–H groups in total. The lowest BCUT2D eigenvalue weighted by Crippen LogP contribution is -2.32. The minimum Gasteiger partial charge on any atom is -0.263 e. The van der Waals surface area contributed by atoms with Crippen LogP contribution in [0, 0.1) is 11.8 Å². The van der Waals surface area contributed by atoms with E-state index in [2.05, 4.69) is 20.9 Å². The molecule has 0 amide bonds. The van der Waals surface area contributed by atoms with Gasteiger partial charge in [0.1, 0.15) is 0 Å². The van der Waals surface area contributed by atoms with E-state index >= 15 is 0 Å². The topological polar surface area (TPSA) is 12.9 Å². The molecule has 112 valence electrons. The number of hydrogen-bond acceptors (Lipinski definition) is 1. The van der Waals surface area contributed by atoms with E-state index in [1.165, 1.54) is 0 Å². The van der Waals surface area contributed by atoms with E-state index in [1.807, 2.05) is 6.07 Å². The molecule has 1 aromatic rings. The summed E-state index contributed by atoms with van der Waals surface area (Å²) in [7, 11) is 0. The van der Waals surface area contributed by atoms with Gasteiger partial charge in [0, 0.05) is 17.2 Å². The normalized spacial score (nSPS) is 25.4. The zero-order valence-electron chi connectivity index (χ0n) is 10.8. The fraction of sp³-hybridized carbons (Fsp3) is 0.643. The van der Waals surface area contributed by atoms with E-state index in [0.717, 1.165) is 12.0 Å². The second-order valence-corrected chi connectivity index (χ2v) is 6.94. The predicted octanol–water partition coefficient (Wildman–Crippen LogP) is 5.41. The van der Waals surface area contributed by atoms with Crippen molar-refractivity contribution < 1.29 is 13.2 Å². The Hall–Kier alpha value is -0.290. The third kappa shape index (κ3) is 4.10. The fourth-order valence-corrected chi connectivity index (χ4v) is 3.83. The van der Waals surface area contributed by atoms with Gasteiger partial charge in [0.05, 0.1) is 10.9 Å². The Labute approximate surface area is 130 Å². The van der Waals surface area contributed by atoms with Crippen molar-refractivity contribution in [1.29, 1.82) is 0 Å². The van der Waals surface area contributed by atoms with Gasteiger partial charge in [0.25, 0.3) is 0 Å². The average Bonchev–Trinajstić information content (AvgIpc) is 2.40. The van der Waals surface area contributed by atoms with Crippen molar-refractivity contribution in [3.8, 4) is 0 Å². The lowest BCUT2D eigenvalue weighted by Gasteiger charge is -2.33. The Kier molecular flexibility index (Phi) is 5.35. The summed E-state index contributed by atoms with van der Waals surface area (Å²) >= 11 is 9.60. The van der Waals surface area contributed by atoms with Gasteiger partial charge in [-0.15, -0.1) is 0 Å². The SMILES string of the molecule is FC(F)(F)C1CCCC(C(Br)Cc2ccncc2Cl)C1. The summed E-state index contributed by atoms with van der Waals surface area (Å²) in [5.41, 5.74) is 0.928. The fourth-order valence-electron chi connectivity index (χ4n) is 2.80. The van der Waals surface area contributed by atoms with Crippen LogP contribution in [0.15, 0.2) is 18.5 Å². The van der Waals surface area contributed by atoms with Gasteiger partial charge in [-0.2, -0.15) is 13.2 Å².